The van der Waals surface area contributed by atoms with Gasteiger partial charge >= 0.3 is 0 Å². The van der Waals surface area contributed by atoms with Gasteiger partial charge in [-0.3, -0.25) is 4.79 Å². The summed E-state index contributed by atoms with van der Waals surface area (Å²) >= 11 is 1.33. The lowest BCUT2D eigenvalue weighted by Crippen LogP contribution is -2.13. The Balaban J connectivity index is 1.54. The zero-order valence-electron chi connectivity index (χ0n) is 18.4. The number of ketones is 1. The molecule has 0 spiro atoms. The molecule has 0 amide bonds. The molecule has 0 unspecified atom stereocenters. The first-order chi connectivity index (χ1) is 16.5. The molecule has 1 fully saturated rings. The normalized spacial score (nSPS) is 18.2. The molecule has 2 atom stereocenters. The zero-order chi connectivity index (χ0) is 23.7. The summed E-state index contributed by atoms with van der Waals surface area (Å²) in [4.78, 5) is 17.0. The van der Waals surface area contributed by atoms with Crippen LogP contribution in [0, 0.1) is 0 Å². The molecular formula is C25H24N4O3S2. The maximum atomic E-state index is 13.8. The Morgan fingerprint density at radius 3 is 2.68 bits per heavy atom. The molecule has 1 aliphatic rings. The van der Waals surface area contributed by atoms with Crippen molar-refractivity contribution in [2.24, 2.45) is 0 Å². The maximum absolute atomic E-state index is 13.8. The number of hydrogen-bond acceptors (Lipinski definition) is 6. The molecule has 9 heteroatoms. The molecule has 2 aromatic heterocycles. The Bertz CT molecular complexity index is 1460. The molecular weight excluding hydrogens is 468 g/mol. The highest BCUT2D eigenvalue weighted by Gasteiger charge is 2.34. The van der Waals surface area contributed by atoms with E-state index in [1.165, 1.54) is 11.8 Å². The average Bonchev–Trinajstić information content (AvgIpc) is 3.54. The molecule has 1 aliphatic heterocycles. The minimum atomic E-state index is -3.07. The Labute approximate surface area is 202 Å². The Hall–Kier alpha value is -3.17. The molecule has 1 N–H and O–H groups in total. The maximum Gasteiger partial charge on any atom is 0.192 e. The van der Waals surface area contributed by atoms with Crippen LogP contribution in [0.15, 0.2) is 78.6 Å². The zero-order valence-corrected chi connectivity index (χ0v) is 20.1. The summed E-state index contributed by atoms with van der Waals surface area (Å²) in [5.41, 5.74) is 2.39. The fourth-order valence-electron chi connectivity index (χ4n) is 4.41. The van der Waals surface area contributed by atoms with Crippen LogP contribution >= 0.6 is 11.8 Å². The van der Waals surface area contributed by atoms with Crippen LogP contribution in [0.5, 0.6) is 0 Å². The minimum Gasteiger partial charge on any atom is -0.360 e. The highest BCUT2D eigenvalue weighted by Crippen LogP contribution is 2.40. The summed E-state index contributed by atoms with van der Waals surface area (Å²) in [7, 11) is -3.07. The van der Waals surface area contributed by atoms with Crippen LogP contribution in [0.3, 0.4) is 0 Å². The first kappa shape index (κ1) is 22.6. The summed E-state index contributed by atoms with van der Waals surface area (Å²) in [5.74, 6) is 0.628. The van der Waals surface area contributed by atoms with Crippen LogP contribution in [-0.2, 0) is 16.4 Å². The van der Waals surface area contributed by atoms with Crippen molar-refractivity contribution in [3.8, 4) is 0 Å². The third-order valence-electron chi connectivity index (χ3n) is 6.07. The topological polar surface area (TPSA) is 97.7 Å². The number of fused-ring (bicyclic) bond motifs is 1. The van der Waals surface area contributed by atoms with E-state index in [4.69, 9.17) is 0 Å². The van der Waals surface area contributed by atoms with Gasteiger partial charge in [0, 0.05) is 35.1 Å². The van der Waals surface area contributed by atoms with Gasteiger partial charge in [-0.2, -0.15) is 0 Å². The van der Waals surface area contributed by atoms with E-state index in [0.717, 1.165) is 16.5 Å². The van der Waals surface area contributed by atoms with Crippen LogP contribution in [0.1, 0.15) is 39.3 Å². The molecule has 174 valence electrons. The van der Waals surface area contributed by atoms with Gasteiger partial charge in [-0.1, -0.05) is 66.4 Å². The van der Waals surface area contributed by atoms with E-state index in [-0.39, 0.29) is 23.2 Å². The average molecular weight is 493 g/mol. The van der Waals surface area contributed by atoms with E-state index < -0.39 is 15.1 Å². The van der Waals surface area contributed by atoms with E-state index >= 15 is 0 Å². The number of carbonyl (C=O) groups is 1. The summed E-state index contributed by atoms with van der Waals surface area (Å²) in [6.45, 7) is 4.28. The van der Waals surface area contributed by atoms with E-state index in [1.807, 2.05) is 59.2 Å². The molecule has 0 aliphatic carbocycles. The van der Waals surface area contributed by atoms with Crippen LogP contribution in [-0.4, -0.2) is 45.5 Å². The number of nitrogens with zero attached hydrogens (tertiary/aromatic N) is 3. The lowest BCUT2D eigenvalue weighted by Gasteiger charge is -2.17. The van der Waals surface area contributed by atoms with Crippen LogP contribution < -0.4 is 0 Å². The van der Waals surface area contributed by atoms with Crippen molar-refractivity contribution < 1.29 is 13.2 Å². The molecule has 4 aromatic rings. The number of hydrogen-bond donors (Lipinski definition) is 1. The van der Waals surface area contributed by atoms with Crippen molar-refractivity contribution >= 4 is 38.3 Å². The Morgan fingerprint density at radius 2 is 1.94 bits per heavy atom. The fourth-order valence-corrected chi connectivity index (χ4v) is 7.27. The number of para-hydroxylation sites is 1. The van der Waals surface area contributed by atoms with Crippen molar-refractivity contribution in [3.63, 3.8) is 0 Å². The van der Waals surface area contributed by atoms with Gasteiger partial charge < -0.3 is 9.55 Å². The molecule has 34 heavy (non-hydrogen) atoms. The number of aromatic nitrogens is 4. The largest absolute Gasteiger partial charge is 0.360 e. The Morgan fingerprint density at radius 1 is 1.18 bits per heavy atom. The molecule has 3 heterocycles. The second-order valence-electron chi connectivity index (χ2n) is 8.36. The predicted molar refractivity (Wildman–Crippen MR) is 134 cm³/mol. The number of sulfone groups is 1. The molecule has 2 aromatic carbocycles. The fraction of sp³-hybridized carbons (Fsp3) is 0.240. The van der Waals surface area contributed by atoms with E-state index in [0.29, 0.717) is 29.5 Å². The molecule has 7 nitrogen and oxygen atoms in total. The first-order valence-corrected chi connectivity index (χ1v) is 13.7. The number of carbonyl (C=O) groups excluding carboxylic acids is 1. The van der Waals surface area contributed by atoms with Gasteiger partial charge in [-0.15, -0.1) is 16.8 Å². The lowest BCUT2D eigenvalue weighted by molar-refractivity contribution is 0.0991. The Kier molecular flexibility index (Phi) is 6.14. The van der Waals surface area contributed by atoms with Gasteiger partial charge in [-0.05, 0) is 18.1 Å². The lowest BCUT2D eigenvalue weighted by atomic mass is 10.0. The minimum absolute atomic E-state index is 0.0354. The number of allylic oxidation sites excluding steroid dienone is 1. The summed E-state index contributed by atoms with van der Waals surface area (Å²) in [5, 5.41) is 9.65. The van der Waals surface area contributed by atoms with Crippen LogP contribution in [0.25, 0.3) is 10.9 Å². The quantitative estimate of drug-likeness (QED) is 0.220. The molecule has 0 radical (unpaired) electrons. The number of thioether (sulfide) groups is 1. The van der Waals surface area contributed by atoms with Crippen LogP contribution in [0.4, 0.5) is 0 Å². The summed E-state index contributed by atoms with van der Waals surface area (Å²) in [6.07, 6.45) is 4.02. The van der Waals surface area contributed by atoms with Crippen molar-refractivity contribution in [2.75, 3.05) is 11.5 Å². The number of rotatable bonds is 8. The second kappa shape index (κ2) is 9.23. The highest BCUT2D eigenvalue weighted by atomic mass is 32.2. The van der Waals surface area contributed by atoms with Gasteiger partial charge in [0.05, 0.1) is 11.5 Å². The number of Topliss-reactive ketones (excluding diaryl/α,β-unsaturated/α-hetero) is 1. The standard InChI is InChI=1S/C25H24N4O3S2/c1-2-13-29-24(18-12-14-34(31,32)16-18)27-28-25(29)33-23(17-8-4-3-5-9-17)22(30)20-15-26-21-11-7-6-10-19(20)21/h2-11,15,18,23,26H,1,12-14,16H2/t18-,23-/m1/s1. The van der Waals surface area contributed by atoms with Gasteiger partial charge in [0.25, 0.3) is 0 Å². The van der Waals surface area contributed by atoms with Gasteiger partial charge in [0.2, 0.25) is 0 Å². The highest BCUT2D eigenvalue weighted by molar-refractivity contribution is 8.00. The third-order valence-corrected chi connectivity index (χ3v) is 9.08. The van der Waals surface area contributed by atoms with E-state index in [9.17, 15) is 13.2 Å². The second-order valence-corrected chi connectivity index (χ2v) is 11.7. The smallest absolute Gasteiger partial charge is 0.192 e. The van der Waals surface area contributed by atoms with Crippen LogP contribution in [0.2, 0.25) is 0 Å². The number of benzene rings is 2. The first-order valence-electron chi connectivity index (χ1n) is 11.0. The van der Waals surface area contributed by atoms with Gasteiger partial charge in [0.1, 0.15) is 11.1 Å². The van der Waals surface area contributed by atoms with Crippen molar-refractivity contribution in [1.82, 2.24) is 19.7 Å². The third kappa shape index (κ3) is 4.33. The van der Waals surface area contributed by atoms with E-state index in [2.05, 4.69) is 21.8 Å². The van der Waals surface area contributed by atoms with E-state index in [1.54, 1.807) is 12.3 Å². The number of H-pyrrole nitrogens is 1. The predicted octanol–water partition coefficient (Wildman–Crippen LogP) is 4.56. The van der Waals surface area contributed by atoms with Crippen molar-refractivity contribution in [2.45, 2.75) is 29.3 Å². The van der Waals surface area contributed by atoms with Crippen molar-refractivity contribution in [3.05, 3.63) is 90.4 Å². The SMILES string of the molecule is C=CCn1c(S[C@@H](C(=O)c2c[nH]c3ccccc23)c2ccccc2)nnc1[C@@H]1CCS(=O)(=O)C1. The van der Waals surface area contributed by atoms with Crippen molar-refractivity contribution in [1.29, 1.82) is 0 Å². The molecule has 5 rings (SSSR count). The number of nitrogens with one attached hydrogen (secondary N) is 1. The van der Waals surface area contributed by atoms with Gasteiger partial charge in [-0.25, -0.2) is 8.42 Å². The summed E-state index contributed by atoms with van der Waals surface area (Å²) < 4.78 is 26.0. The number of aromatic amines is 1. The molecule has 1 saturated heterocycles. The monoisotopic (exact) mass is 492 g/mol. The molecule has 0 bridgehead atoms. The molecule has 0 saturated carbocycles. The summed E-state index contributed by atoms with van der Waals surface area (Å²) in [6, 6.07) is 17.3. The van der Waals surface area contributed by atoms with Gasteiger partial charge in [0.15, 0.2) is 20.8 Å².